The van der Waals surface area contributed by atoms with E-state index in [1.807, 2.05) is 42.5 Å². The zero-order chi connectivity index (χ0) is 18.5. The second kappa shape index (κ2) is 8.71. The summed E-state index contributed by atoms with van der Waals surface area (Å²) in [6, 6.07) is 20.7. The van der Waals surface area contributed by atoms with Gasteiger partial charge in [0.15, 0.2) is 6.61 Å². The lowest BCUT2D eigenvalue weighted by Crippen LogP contribution is -2.18. The number of hydrogen-bond acceptors (Lipinski definition) is 3. The predicted molar refractivity (Wildman–Crippen MR) is 110 cm³/mol. The highest BCUT2D eigenvalue weighted by Gasteiger charge is 2.11. The molecule has 0 N–H and O–H groups in total. The largest absolute Gasteiger partial charge is 0.480 e. The highest BCUT2D eigenvalue weighted by atomic mass is 79.9. The Kier molecular flexibility index (Phi) is 6.35. The number of benzene rings is 3. The van der Waals surface area contributed by atoms with Crippen LogP contribution < -0.4 is 9.47 Å². The highest BCUT2D eigenvalue weighted by molar-refractivity contribution is 9.10. The molecule has 0 amide bonds. The monoisotopic (exact) mass is 494 g/mol. The van der Waals surface area contributed by atoms with Crippen LogP contribution in [0.15, 0.2) is 75.7 Å². The van der Waals surface area contributed by atoms with Crippen molar-refractivity contribution < 1.29 is 14.3 Å². The third-order valence-electron chi connectivity index (χ3n) is 3.50. The summed E-state index contributed by atoms with van der Waals surface area (Å²) in [4.78, 5) is 12.1. The summed E-state index contributed by atoms with van der Waals surface area (Å²) in [7, 11) is 0. The highest BCUT2D eigenvalue weighted by Crippen LogP contribution is 2.31. The van der Waals surface area contributed by atoms with Crippen molar-refractivity contribution in [1.82, 2.24) is 0 Å². The number of carbonyl (C=O) groups is 1. The van der Waals surface area contributed by atoms with Gasteiger partial charge in [0.2, 0.25) is 0 Å². The van der Waals surface area contributed by atoms with Crippen molar-refractivity contribution in [2.24, 2.45) is 0 Å². The molecule has 0 radical (unpaired) electrons. The van der Waals surface area contributed by atoms with Gasteiger partial charge in [0.1, 0.15) is 11.5 Å². The minimum atomic E-state index is -0.517. The van der Waals surface area contributed by atoms with Crippen LogP contribution >= 0.6 is 43.5 Å². The molecule has 0 aliphatic rings. The van der Waals surface area contributed by atoms with Crippen LogP contribution in [0.4, 0.5) is 0 Å². The minimum absolute atomic E-state index is 0.242. The molecule has 132 valence electrons. The van der Waals surface area contributed by atoms with Crippen molar-refractivity contribution in [1.29, 1.82) is 0 Å². The topological polar surface area (TPSA) is 35.5 Å². The van der Waals surface area contributed by atoms with Gasteiger partial charge >= 0.3 is 5.97 Å². The molecular weight excluding hydrogens is 483 g/mol. The van der Waals surface area contributed by atoms with E-state index in [1.165, 1.54) is 0 Å². The van der Waals surface area contributed by atoms with Crippen molar-refractivity contribution in [3.05, 3.63) is 80.7 Å². The molecule has 0 fully saturated rings. The average molecular weight is 497 g/mol. The maximum atomic E-state index is 12.1. The van der Waals surface area contributed by atoms with Crippen LogP contribution in [-0.4, -0.2) is 12.6 Å². The summed E-state index contributed by atoms with van der Waals surface area (Å²) >= 11 is 12.8. The Bertz CT molecular complexity index is 930. The van der Waals surface area contributed by atoms with Crippen LogP contribution in [0.1, 0.15) is 0 Å². The smallest absolute Gasteiger partial charge is 0.349 e. The fourth-order valence-electron chi connectivity index (χ4n) is 2.27. The number of esters is 1. The van der Waals surface area contributed by atoms with E-state index in [9.17, 15) is 4.79 Å². The zero-order valence-electron chi connectivity index (χ0n) is 13.4. The molecule has 0 aliphatic heterocycles. The molecule has 0 unspecified atom stereocenters. The van der Waals surface area contributed by atoms with E-state index in [2.05, 4.69) is 31.9 Å². The molecule has 0 saturated carbocycles. The van der Waals surface area contributed by atoms with Crippen molar-refractivity contribution >= 4 is 49.4 Å². The Labute approximate surface area is 173 Å². The third kappa shape index (κ3) is 4.87. The van der Waals surface area contributed by atoms with Gasteiger partial charge in [-0.3, -0.25) is 0 Å². The summed E-state index contributed by atoms with van der Waals surface area (Å²) in [6.45, 7) is -0.242. The lowest BCUT2D eigenvalue weighted by Gasteiger charge is -2.10. The molecule has 0 saturated heterocycles. The zero-order valence-corrected chi connectivity index (χ0v) is 17.3. The summed E-state index contributed by atoms with van der Waals surface area (Å²) in [5.74, 6) is 0.336. The second-order valence-corrected chi connectivity index (χ2v) is 7.53. The maximum Gasteiger partial charge on any atom is 0.349 e. The quantitative estimate of drug-likeness (QED) is 0.298. The van der Waals surface area contributed by atoms with Crippen molar-refractivity contribution in [3.63, 3.8) is 0 Å². The van der Waals surface area contributed by atoms with Gasteiger partial charge in [-0.15, -0.1) is 0 Å². The predicted octanol–water partition coefficient (Wildman–Crippen LogP) is 6.52. The van der Waals surface area contributed by atoms with Gasteiger partial charge in [-0.1, -0.05) is 63.9 Å². The number of carbonyl (C=O) groups excluding carboxylic acids is 1. The van der Waals surface area contributed by atoms with E-state index >= 15 is 0 Å². The lowest BCUT2D eigenvalue weighted by atomic mass is 10.1. The van der Waals surface area contributed by atoms with Crippen LogP contribution in [-0.2, 0) is 4.79 Å². The van der Waals surface area contributed by atoms with Gasteiger partial charge in [0, 0.05) is 4.47 Å². The Morgan fingerprint density at radius 2 is 1.62 bits per heavy atom. The molecule has 3 nitrogen and oxygen atoms in total. The van der Waals surface area contributed by atoms with E-state index in [4.69, 9.17) is 21.1 Å². The number of ether oxygens (including phenoxy) is 2. The first-order valence-electron chi connectivity index (χ1n) is 7.66. The number of hydrogen-bond donors (Lipinski definition) is 0. The summed E-state index contributed by atoms with van der Waals surface area (Å²) in [5, 5.41) is 0.417. The van der Waals surface area contributed by atoms with Crippen molar-refractivity contribution in [2.75, 3.05) is 6.61 Å². The Balaban J connectivity index is 1.64. The van der Waals surface area contributed by atoms with Crippen molar-refractivity contribution in [3.8, 4) is 22.6 Å². The third-order valence-corrected chi connectivity index (χ3v) is 4.91. The SMILES string of the molecule is O=C(COc1ccc(Br)cc1Cl)Oc1ccc(-c2ccccc2)cc1Br. The number of rotatable bonds is 5. The van der Waals surface area contributed by atoms with Gasteiger partial charge < -0.3 is 9.47 Å². The van der Waals surface area contributed by atoms with Gasteiger partial charge in [-0.2, -0.15) is 0 Å². The van der Waals surface area contributed by atoms with Crippen LogP contribution in [0.5, 0.6) is 11.5 Å². The summed E-state index contributed by atoms with van der Waals surface area (Å²) in [6.07, 6.45) is 0. The molecule has 3 aromatic carbocycles. The van der Waals surface area contributed by atoms with Crippen LogP contribution in [0.3, 0.4) is 0 Å². The first-order chi connectivity index (χ1) is 12.5. The lowest BCUT2D eigenvalue weighted by molar-refractivity contribution is -0.136. The Morgan fingerprint density at radius 3 is 2.31 bits per heavy atom. The first kappa shape index (κ1) is 19.0. The van der Waals surface area contributed by atoms with Gasteiger partial charge in [0.05, 0.1) is 9.50 Å². The normalized spacial score (nSPS) is 10.4. The van der Waals surface area contributed by atoms with Gasteiger partial charge in [-0.05, 0) is 57.4 Å². The molecular formula is C20H13Br2ClO3. The molecule has 0 aromatic heterocycles. The fraction of sp³-hybridized carbons (Fsp3) is 0.0500. The average Bonchev–Trinajstić information content (AvgIpc) is 2.63. The van der Waals surface area contributed by atoms with Gasteiger partial charge in [-0.25, -0.2) is 4.79 Å². The first-order valence-corrected chi connectivity index (χ1v) is 9.63. The van der Waals surface area contributed by atoms with E-state index in [0.29, 0.717) is 21.0 Å². The minimum Gasteiger partial charge on any atom is -0.480 e. The van der Waals surface area contributed by atoms with Crippen LogP contribution in [0, 0.1) is 0 Å². The molecule has 0 aliphatic carbocycles. The van der Waals surface area contributed by atoms with Crippen LogP contribution in [0.25, 0.3) is 11.1 Å². The Morgan fingerprint density at radius 1 is 0.885 bits per heavy atom. The summed E-state index contributed by atoms with van der Waals surface area (Å²) < 4.78 is 12.3. The van der Waals surface area contributed by atoms with E-state index in [-0.39, 0.29) is 6.61 Å². The Hall–Kier alpha value is -1.82. The molecule has 0 spiro atoms. The van der Waals surface area contributed by atoms with E-state index < -0.39 is 5.97 Å². The molecule has 3 aromatic rings. The molecule has 26 heavy (non-hydrogen) atoms. The second-order valence-electron chi connectivity index (χ2n) is 5.35. The van der Waals surface area contributed by atoms with Gasteiger partial charge in [0.25, 0.3) is 0 Å². The van der Waals surface area contributed by atoms with E-state index in [0.717, 1.165) is 15.6 Å². The molecule has 6 heteroatoms. The van der Waals surface area contributed by atoms with Crippen molar-refractivity contribution in [2.45, 2.75) is 0 Å². The summed E-state index contributed by atoms with van der Waals surface area (Å²) in [5.41, 5.74) is 2.11. The maximum absolute atomic E-state index is 12.1. The standard InChI is InChI=1S/C20H13Br2ClO3/c21-15-7-9-19(17(23)11-15)25-12-20(24)26-18-8-6-14(10-16(18)22)13-4-2-1-3-5-13/h1-11H,12H2. The molecule has 0 bridgehead atoms. The molecule has 0 atom stereocenters. The fourth-order valence-corrected chi connectivity index (χ4v) is 3.46. The van der Waals surface area contributed by atoms with Crippen LogP contribution in [0.2, 0.25) is 5.02 Å². The molecule has 3 rings (SSSR count). The molecule has 0 heterocycles. The van der Waals surface area contributed by atoms with E-state index in [1.54, 1.807) is 24.3 Å². The number of halogens is 3.